The van der Waals surface area contributed by atoms with Gasteiger partial charge < -0.3 is 24.2 Å². The van der Waals surface area contributed by atoms with Gasteiger partial charge in [-0.1, -0.05) is 124 Å². The summed E-state index contributed by atoms with van der Waals surface area (Å²) in [5.74, 6) is 4.30. The van der Waals surface area contributed by atoms with Gasteiger partial charge in [0.15, 0.2) is 11.5 Å². The van der Waals surface area contributed by atoms with E-state index in [2.05, 4.69) is 234 Å². The Kier molecular flexibility index (Phi) is 8.48. The zero-order valence-electron chi connectivity index (χ0n) is 41.2. The number of anilines is 7. The summed E-state index contributed by atoms with van der Waals surface area (Å²) in [6.45, 7) is 23.7. The van der Waals surface area contributed by atoms with Crippen LogP contribution >= 0.6 is 0 Å². The summed E-state index contributed by atoms with van der Waals surface area (Å²) in [6.07, 6.45) is 1.93. The number of ether oxygens (including phenoxy) is 2. The van der Waals surface area contributed by atoms with E-state index in [-0.39, 0.29) is 21.7 Å². The van der Waals surface area contributed by atoms with Gasteiger partial charge in [-0.15, -0.1) is 0 Å². The molecule has 0 fully saturated rings. The van der Waals surface area contributed by atoms with Crippen molar-refractivity contribution in [3.63, 3.8) is 0 Å². The molecule has 7 heteroatoms. The molecule has 7 aromatic carbocycles. The Balaban J connectivity index is 0.921. The second-order valence-electron chi connectivity index (χ2n) is 22.6. The third-order valence-electron chi connectivity index (χ3n) is 15.5. The fraction of sp³-hybridized carbons (Fsp3) is 0.242. The fourth-order valence-electron chi connectivity index (χ4n) is 11.7. The highest BCUT2D eigenvalue weighted by Gasteiger charge is 2.50. The van der Waals surface area contributed by atoms with Crippen molar-refractivity contribution in [2.45, 2.75) is 90.9 Å². The lowest BCUT2D eigenvalue weighted by Crippen LogP contribution is -2.40. The van der Waals surface area contributed by atoms with Crippen LogP contribution in [0.1, 0.15) is 103 Å². The maximum atomic E-state index is 7.02. The number of hydrogen-bond acceptors (Lipinski definition) is 6. The van der Waals surface area contributed by atoms with Gasteiger partial charge in [0.1, 0.15) is 24.0 Å². The van der Waals surface area contributed by atoms with Crippen LogP contribution in [0.5, 0.6) is 23.0 Å². The lowest BCUT2D eigenvalue weighted by molar-refractivity contribution is 0.464. The summed E-state index contributed by atoms with van der Waals surface area (Å²) >= 11 is 0. The highest BCUT2D eigenvalue weighted by molar-refractivity contribution is 6.09. The van der Waals surface area contributed by atoms with Crippen molar-refractivity contribution in [1.82, 2.24) is 9.55 Å². The minimum atomic E-state index is -0.290. The van der Waals surface area contributed by atoms with Gasteiger partial charge in [-0.3, -0.25) is 4.57 Å². The number of benzene rings is 7. The molecule has 2 aromatic heterocycles. The van der Waals surface area contributed by atoms with Crippen molar-refractivity contribution >= 4 is 61.6 Å². The molecule has 0 amide bonds. The second-order valence-corrected chi connectivity index (χ2v) is 22.6. The molecule has 0 radical (unpaired) electrons. The molecule has 0 spiro atoms. The summed E-state index contributed by atoms with van der Waals surface area (Å²) in [7, 11) is 0. The molecular weight excluding hydrogens is 847 g/mol. The summed E-state index contributed by atoms with van der Waals surface area (Å²) in [4.78, 5) is 12.4. The Bertz CT molecular complexity index is 3570. The van der Waals surface area contributed by atoms with Crippen LogP contribution < -0.4 is 24.2 Å². The number of pyridine rings is 1. The average molecular weight is 904 g/mol. The molecule has 0 unspecified atom stereocenters. The molecule has 13 rings (SSSR count). The number of fused-ring (bicyclic) bond motifs is 4. The number of hydrogen-bond donors (Lipinski definition) is 0. The van der Waals surface area contributed by atoms with Gasteiger partial charge in [0.05, 0.1) is 39.5 Å². The molecule has 0 bridgehead atoms. The summed E-state index contributed by atoms with van der Waals surface area (Å²) < 4.78 is 16.0. The zero-order chi connectivity index (χ0) is 47.5. The Labute approximate surface area is 405 Å². The Morgan fingerprint density at radius 3 is 1.74 bits per heavy atom. The molecule has 0 saturated heterocycles. The van der Waals surface area contributed by atoms with Crippen molar-refractivity contribution in [1.29, 1.82) is 0 Å². The summed E-state index contributed by atoms with van der Waals surface area (Å²) in [5.41, 5.74) is 17.3. The Hall–Kier alpha value is -7.51. The maximum Gasteiger partial charge on any atom is 0.151 e. The van der Waals surface area contributed by atoms with Crippen LogP contribution in [0.3, 0.4) is 0 Å². The van der Waals surface area contributed by atoms with Gasteiger partial charge in [-0.2, -0.15) is 0 Å². The van der Waals surface area contributed by atoms with Crippen LogP contribution in [-0.4, -0.2) is 16.2 Å². The van der Waals surface area contributed by atoms with Crippen LogP contribution in [0, 0.1) is 0 Å². The van der Waals surface area contributed by atoms with Crippen LogP contribution in [0.4, 0.5) is 39.8 Å². The molecule has 4 aliphatic rings. The van der Waals surface area contributed by atoms with Gasteiger partial charge in [-0.25, -0.2) is 4.98 Å². The van der Waals surface area contributed by atoms with Gasteiger partial charge in [-0.05, 0) is 123 Å². The molecule has 0 saturated carbocycles. The number of para-hydroxylation sites is 5. The smallest absolute Gasteiger partial charge is 0.151 e. The minimum absolute atomic E-state index is 0.0173. The topological polar surface area (TPSA) is 46.0 Å². The third-order valence-corrected chi connectivity index (χ3v) is 15.5. The first-order chi connectivity index (χ1) is 33.0. The minimum Gasteiger partial charge on any atom is -0.457 e. The number of rotatable bonds is 5. The van der Waals surface area contributed by atoms with E-state index in [9.17, 15) is 0 Å². The SMILES string of the molecule is CC(C)(C)c1cc(Oc2ccc3c4ccccc4n(-c4cc(C(C)(C)C)ccn4)c3c2)cc(N2CN(c3cc4c5c(c3)C(C)(C)c3cccc6c3N5c3c(cccc3C4(C)C)O6)c3ccccc32)c1. The van der Waals surface area contributed by atoms with E-state index in [0.29, 0.717) is 6.67 Å². The van der Waals surface area contributed by atoms with Gasteiger partial charge in [0, 0.05) is 51.3 Å². The molecule has 342 valence electrons. The van der Waals surface area contributed by atoms with Gasteiger partial charge >= 0.3 is 0 Å². The van der Waals surface area contributed by atoms with Gasteiger partial charge in [0.2, 0.25) is 0 Å². The first-order valence-electron chi connectivity index (χ1n) is 24.4. The van der Waals surface area contributed by atoms with Crippen molar-refractivity contribution < 1.29 is 9.47 Å². The Morgan fingerprint density at radius 1 is 0.507 bits per heavy atom. The molecule has 6 heterocycles. The fourth-order valence-corrected chi connectivity index (χ4v) is 11.7. The van der Waals surface area contributed by atoms with E-state index in [4.69, 9.17) is 14.5 Å². The lowest BCUT2D eigenvalue weighted by Gasteiger charge is -2.51. The van der Waals surface area contributed by atoms with E-state index in [1.54, 1.807) is 0 Å². The van der Waals surface area contributed by atoms with Crippen molar-refractivity contribution in [3.8, 4) is 28.8 Å². The largest absolute Gasteiger partial charge is 0.457 e. The molecule has 0 aliphatic carbocycles. The van der Waals surface area contributed by atoms with Crippen LogP contribution in [-0.2, 0) is 21.7 Å². The predicted molar refractivity (Wildman–Crippen MR) is 284 cm³/mol. The standard InChI is InChI=1S/C62H57N5O2/c1-59(2,3)37-27-28-63-55(31-37)66-49-20-12-11-17-43(49)44-26-25-41(35-52(44)66)68-42-30-38(60(4,5)6)29-39(32-42)64-36-65(51-22-14-13-21-50(51)64)40-33-47-56-48(34-40)62(9,10)46-19-16-24-54-58(46)67(56)57-45(61(47,7)8)18-15-23-53(57)69-54/h11-35H,36H2,1-10H3. The monoisotopic (exact) mass is 903 g/mol. The van der Waals surface area contributed by atoms with E-state index < -0.39 is 0 Å². The number of nitrogens with zero attached hydrogens (tertiary/aromatic N) is 5. The highest BCUT2D eigenvalue weighted by Crippen LogP contribution is 2.67. The van der Waals surface area contributed by atoms with E-state index in [1.807, 2.05) is 6.20 Å². The molecule has 0 N–H and O–H groups in total. The van der Waals surface area contributed by atoms with Crippen LogP contribution in [0.15, 0.2) is 152 Å². The normalized spacial score (nSPS) is 15.9. The van der Waals surface area contributed by atoms with E-state index in [1.165, 1.54) is 67.2 Å². The molecule has 7 nitrogen and oxygen atoms in total. The van der Waals surface area contributed by atoms with Crippen molar-refractivity contribution in [3.05, 3.63) is 185 Å². The molecule has 69 heavy (non-hydrogen) atoms. The van der Waals surface area contributed by atoms with E-state index >= 15 is 0 Å². The zero-order valence-corrected chi connectivity index (χ0v) is 41.2. The van der Waals surface area contributed by atoms with Gasteiger partial charge in [0.25, 0.3) is 0 Å². The van der Waals surface area contributed by atoms with Crippen LogP contribution in [0.2, 0.25) is 0 Å². The third kappa shape index (κ3) is 6.01. The predicted octanol–water partition coefficient (Wildman–Crippen LogP) is 16.7. The lowest BCUT2D eigenvalue weighted by atomic mass is 9.65. The highest BCUT2D eigenvalue weighted by atomic mass is 16.5. The van der Waals surface area contributed by atoms with Crippen LogP contribution in [0.25, 0.3) is 27.6 Å². The first kappa shape index (κ1) is 41.7. The van der Waals surface area contributed by atoms with Crippen molar-refractivity contribution in [2.75, 3.05) is 21.4 Å². The number of aromatic nitrogens is 2. The summed E-state index contributed by atoms with van der Waals surface area (Å²) in [6, 6.07) is 53.1. The van der Waals surface area contributed by atoms with E-state index in [0.717, 1.165) is 56.6 Å². The second kappa shape index (κ2) is 14.0. The Morgan fingerprint density at radius 2 is 1.10 bits per heavy atom. The molecule has 9 aromatic rings. The molecule has 4 aliphatic heterocycles. The maximum absolute atomic E-state index is 7.02. The molecular formula is C62H57N5O2. The summed E-state index contributed by atoms with van der Waals surface area (Å²) in [5, 5.41) is 2.35. The first-order valence-corrected chi connectivity index (χ1v) is 24.4. The molecule has 0 atom stereocenters. The average Bonchev–Trinajstić information content (AvgIpc) is 3.87. The quantitative estimate of drug-likeness (QED) is 0.171. The van der Waals surface area contributed by atoms with Crippen molar-refractivity contribution in [2.24, 2.45) is 0 Å².